The first kappa shape index (κ1) is 24.2. The van der Waals surface area contributed by atoms with E-state index in [0.29, 0.717) is 5.56 Å². The van der Waals surface area contributed by atoms with E-state index in [2.05, 4.69) is 9.97 Å². The maximum atomic E-state index is 13.4. The smallest absolute Gasteiger partial charge is 0.245 e. The SMILES string of the molecule is O=P(O)(CCc1ccncc1)C(O)(C=Cc1ccccc1)P(=O)(O)CCc1ccncc1. The van der Waals surface area contributed by atoms with E-state index >= 15 is 0 Å². The number of benzene rings is 1. The number of nitrogens with zero attached hydrogens (tertiary/aromatic N) is 2. The molecule has 7 nitrogen and oxygen atoms in total. The summed E-state index contributed by atoms with van der Waals surface area (Å²) in [6.07, 6.45) is 8.27. The monoisotopic (exact) mass is 472 g/mol. The van der Waals surface area contributed by atoms with Crippen molar-refractivity contribution in [3.05, 3.63) is 102 Å². The van der Waals surface area contributed by atoms with E-state index in [9.17, 15) is 24.0 Å². The highest BCUT2D eigenvalue weighted by Gasteiger charge is 2.56. The molecule has 0 aliphatic heterocycles. The number of pyridine rings is 2. The first-order valence-corrected chi connectivity index (χ1v) is 13.8. The molecule has 0 fully saturated rings. The Morgan fingerprint density at radius 3 is 1.62 bits per heavy atom. The fourth-order valence-electron chi connectivity index (χ4n) is 3.24. The van der Waals surface area contributed by atoms with Crippen LogP contribution in [-0.4, -0.2) is 42.3 Å². The van der Waals surface area contributed by atoms with Gasteiger partial charge >= 0.3 is 0 Å². The van der Waals surface area contributed by atoms with Gasteiger partial charge in [-0.25, -0.2) is 0 Å². The van der Waals surface area contributed by atoms with Crippen molar-refractivity contribution < 1.29 is 24.0 Å². The number of aliphatic hydroxyl groups is 1. The summed E-state index contributed by atoms with van der Waals surface area (Å²) >= 11 is 0. The third-order valence-electron chi connectivity index (χ3n) is 5.23. The van der Waals surface area contributed by atoms with Crippen molar-refractivity contribution in [3.63, 3.8) is 0 Å². The molecule has 1 aromatic carbocycles. The van der Waals surface area contributed by atoms with Crippen LogP contribution in [0.3, 0.4) is 0 Å². The largest absolute Gasteiger partial charge is 0.368 e. The van der Waals surface area contributed by atoms with E-state index in [1.165, 1.54) is 6.08 Å². The van der Waals surface area contributed by atoms with Gasteiger partial charge in [0.15, 0.2) is 0 Å². The van der Waals surface area contributed by atoms with E-state index < -0.39 is 19.8 Å². The molecule has 3 rings (SSSR count). The fraction of sp³-hybridized carbons (Fsp3) is 0.217. The van der Waals surface area contributed by atoms with Gasteiger partial charge in [0.1, 0.15) is 0 Å². The minimum absolute atomic E-state index is 0.155. The quantitative estimate of drug-likeness (QED) is 0.379. The highest BCUT2D eigenvalue weighted by atomic mass is 31.2. The maximum Gasteiger partial charge on any atom is 0.245 e. The zero-order valence-corrected chi connectivity index (χ0v) is 19.2. The normalized spacial score (nSPS) is 17.3. The zero-order chi connectivity index (χ0) is 23.1. The fourth-order valence-corrected chi connectivity index (χ4v) is 8.19. The molecule has 168 valence electrons. The van der Waals surface area contributed by atoms with Crippen LogP contribution >= 0.6 is 14.7 Å². The van der Waals surface area contributed by atoms with Crippen LogP contribution in [0, 0.1) is 0 Å². The van der Waals surface area contributed by atoms with Gasteiger partial charge in [-0.1, -0.05) is 36.4 Å². The standard InChI is InChI=1S/C23H26N2O5P2/c26-23(13-6-20-4-2-1-3-5-20,31(27,28)18-11-21-7-14-24-15-8-21)32(29,30)19-12-22-9-16-25-17-10-22/h1-10,13-17,26H,11-12,18-19H2,(H,27,28)(H,29,30). The van der Waals surface area contributed by atoms with Crippen molar-refractivity contribution in [2.75, 3.05) is 12.3 Å². The second-order valence-corrected chi connectivity index (χ2v) is 12.9. The molecule has 2 unspecified atom stereocenters. The summed E-state index contributed by atoms with van der Waals surface area (Å²) < 4.78 is 26.8. The summed E-state index contributed by atoms with van der Waals surface area (Å²) in [5.41, 5.74) is 2.12. The lowest BCUT2D eigenvalue weighted by atomic mass is 10.2. The van der Waals surface area contributed by atoms with Gasteiger partial charge in [0.05, 0.1) is 0 Å². The highest BCUT2D eigenvalue weighted by molar-refractivity contribution is 7.77. The molecular formula is C23H26N2O5P2. The summed E-state index contributed by atoms with van der Waals surface area (Å²) in [5, 5.41) is 8.56. The molecule has 2 heterocycles. The van der Waals surface area contributed by atoms with Crippen LogP contribution in [0.25, 0.3) is 6.08 Å². The van der Waals surface area contributed by atoms with Gasteiger partial charge in [-0.3, -0.25) is 19.1 Å². The molecule has 0 spiro atoms. The Hall–Kier alpha value is -2.40. The molecule has 0 radical (unpaired) electrons. The number of hydrogen-bond acceptors (Lipinski definition) is 5. The van der Waals surface area contributed by atoms with Crippen molar-refractivity contribution in [1.29, 1.82) is 0 Å². The van der Waals surface area contributed by atoms with Crippen molar-refractivity contribution in [1.82, 2.24) is 9.97 Å². The average molecular weight is 472 g/mol. The summed E-state index contributed by atoms with van der Waals surface area (Å²) in [6.45, 7) is 0. The van der Waals surface area contributed by atoms with Crippen LogP contribution in [-0.2, 0) is 22.0 Å². The lowest BCUT2D eigenvalue weighted by Crippen LogP contribution is -2.29. The number of rotatable bonds is 10. The minimum Gasteiger partial charge on any atom is -0.368 e. The summed E-state index contributed by atoms with van der Waals surface area (Å²) in [6, 6.07) is 15.6. The van der Waals surface area contributed by atoms with Crippen LogP contribution in [0.15, 0.2) is 85.5 Å². The Morgan fingerprint density at radius 2 is 1.19 bits per heavy atom. The van der Waals surface area contributed by atoms with Crippen LogP contribution in [0.5, 0.6) is 0 Å². The summed E-state index contributed by atoms with van der Waals surface area (Å²) in [5.74, 6) is 0. The Morgan fingerprint density at radius 1 is 0.750 bits per heavy atom. The number of aromatic nitrogens is 2. The summed E-state index contributed by atoms with van der Waals surface area (Å²) in [4.78, 5) is 29.6. The molecular weight excluding hydrogens is 446 g/mol. The van der Waals surface area contributed by atoms with Gasteiger partial charge in [0.25, 0.3) is 0 Å². The lowest BCUT2D eigenvalue weighted by molar-refractivity contribution is 0.213. The van der Waals surface area contributed by atoms with E-state index in [1.807, 2.05) is 0 Å². The molecule has 0 saturated carbocycles. The Labute approximate surface area is 187 Å². The molecule has 32 heavy (non-hydrogen) atoms. The van der Waals surface area contributed by atoms with Gasteiger partial charge in [-0.15, -0.1) is 0 Å². The maximum absolute atomic E-state index is 13.4. The minimum atomic E-state index is -4.54. The van der Waals surface area contributed by atoms with E-state index in [1.54, 1.807) is 79.4 Å². The molecule has 0 bridgehead atoms. The summed E-state index contributed by atoms with van der Waals surface area (Å²) in [7, 11) is -9.07. The third-order valence-corrected chi connectivity index (χ3v) is 11.1. The second kappa shape index (κ2) is 10.5. The predicted molar refractivity (Wildman–Crippen MR) is 126 cm³/mol. The number of hydrogen-bond donors (Lipinski definition) is 3. The molecule has 2 aromatic heterocycles. The molecule has 2 atom stereocenters. The molecule has 0 aliphatic carbocycles. The second-order valence-electron chi connectivity index (χ2n) is 7.49. The Kier molecular flexibility index (Phi) is 7.94. The van der Waals surface area contributed by atoms with Crippen LogP contribution < -0.4 is 0 Å². The first-order valence-electron chi connectivity index (χ1n) is 10.1. The van der Waals surface area contributed by atoms with Crippen molar-refractivity contribution in [3.8, 4) is 0 Å². The van der Waals surface area contributed by atoms with Crippen molar-refractivity contribution >= 4 is 20.8 Å². The molecule has 0 amide bonds. The van der Waals surface area contributed by atoms with Crippen LogP contribution in [0.1, 0.15) is 16.7 Å². The molecule has 0 aliphatic rings. The predicted octanol–water partition coefficient (Wildman–Crippen LogP) is 4.16. The van der Waals surface area contributed by atoms with Gasteiger partial charge in [0, 0.05) is 37.1 Å². The topological polar surface area (TPSA) is 121 Å². The van der Waals surface area contributed by atoms with E-state index in [-0.39, 0.29) is 25.2 Å². The average Bonchev–Trinajstić information content (AvgIpc) is 2.82. The Bertz CT molecular complexity index is 1060. The van der Waals surface area contributed by atoms with E-state index in [0.717, 1.165) is 17.2 Å². The van der Waals surface area contributed by atoms with Gasteiger partial charge < -0.3 is 14.9 Å². The van der Waals surface area contributed by atoms with Crippen LogP contribution in [0.2, 0.25) is 0 Å². The van der Waals surface area contributed by atoms with Crippen molar-refractivity contribution in [2.45, 2.75) is 17.9 Å². The number of aryl methyl sites for hydroxylation is 2. The van der Waals surface area contributed by atoms with Gasteiger partial charge in [0.2, 0.25) is 19.8 Å². The zero-order valence-electron chi connectivity index (χ0n) is 17.4. The molecule has 9 heteroatoms. The van der Waals surface area contributed by atoms with Crippen LogP contribution in [0.4, 0.5) is 0 Å². The van der Waals surface area contributed by atoms with Gasteiger partial charge in [-0.2, -0.15) is 0 Å². The van der Waals surface area contributed by atoms with Crippen molar-refractivity contribution in [2.24, 2.45) is 0 Å². The molecule has 3 N–H and O–H groups in total. The Balaban J connectivity index is 1.91. The highest BCUT2D eigenvalue weighted by Crippen LogP contribution is 2.72. The van der Waals surface area contributed by atoms with E-state index in [4.69, 9.17) is 0 Å². The molecule has 3 aromatic rings. The first-order chi connectivity index (χ1) is 15.2. The van der Waals surface area contributed by atoms with Gasteiger partial charge in [-0.05, 0) is 59.9 Å². The lowest BCUT2D eigenvalue weighted by Gasteiger charge is -2.34. The third kappa shape index (κ3) is 5.89. The molecule has 0 saturated heterocycles.